The van der Waals surface area contributed by atoms with Crippen LogP contribution in [0.2, 0.25) is 0 Å². The highest BCUT2D eigenvalue weighted by Crippen LogP contribution is 2.17. The van der Waals surface area contributed by atoms with Crippen molar-refractivity contribution in [1.82, 2.24) is 20.3 Å². The molecule has 1 atom stereocenters. The third-order valence-electron chi connectivity index (χ3n) is 2.83. The van der Waals surface area contributed by atoms with Gasteiger partial charge in [-0.2, -0.15) is 0 Å². The number of carbonyl (C=O) groups excluding carboxylic acids is 1. The molecule has 2 aromatic rings. The van der Waals surface area contributed by atoms with E-state index in [9.17, 15) is 9.59 Å². The van der Waals surface area contributed by atoms with Gasteiger partial charge in [-0.25, -0.2) is 9.48 Å². The normalized spacial score (nSPS) is 12.1. The van der Waals surface area contributed by atoms with Crippen LogP contribution in [-0.4, -0.2) is 32.0 Å². The van der Waals surface area contributed by atoms with Crippen molar-refractivity contribution >= 4 is 23.2 Å². The summed E-state index contributed by atoms with van der Waals surface area (Å²) in [5.74, 6) is -1.39. The fourth-order valence-corrected chi connectivity index (χ4v) is 2.47. The van der Waals surface area contributed by atoms with Crippen molar-refractivity contribution in [3.8, 4) is 0 Å². The van der Waals surface area contributed by atoms with Crippen LogP contribution in [-0.2, 0) is 11.3 Å². The van der Waals surface area contributed by atoms with Crippen LogP contribution in [0, 0.1) is 6.92 Å². The van der Waals surface area contributed by atoms with Gasteiger partial charge in [-0.3, -0.25) is 4.79 Å². The van der Waals surface area contributed by atoms with Crippen molar-refractivity contribution in [2.45, 2.75) is 26.4 Å². The molecule has 0 saturated carbocycles. The fourth-order valence-electron chi connectivity index (χ4n) is 1.74. The minimum Gasteiger partial charge on any atom is -0.476 e. The van der Waals surface area contributed by atoms with Gasteiger partial charge in [0, 0.05) is 4.88 Å². The molecule has 20 heavy (non-hydrogen) atoms. The largest absolute Gasteiger partial charge is 0.476 e. The highest BCUT2D eigenvalue weighted by Gasteiger charge is 2.17. The number of thiophene rings is 1. The highest BCUT2D eigenvalue weighted by atomic mass is 32.1. The standard InChI is InChI=1S/C12H14N4O3S/c1-7(9-4-3-5-20-9)13-10(17)6-16-8(2)11(12(18)19)14-15-16/h3-5,7H,6H2,1-2H3,(H,13,17)(H,18,19). The number of carboxylic acid groups (broad SMARTS) is 1. The van der Waals surface area contributed by atoms with E-state index >= 15 is 0 Å². The number of nitrogens with one attached hydrogen (secondary N) is 1. The van der Waals surface area contributed by atoms with Gasteiger partial charge < -0.3 is 10.4 Å². The van der Waals surface area contributed by atoms with E-state index in [4.69, 9.17) is 5.11 Å². The zero-order valence-corrected chi connectivity index (χ0v) is 11.8. The Labute approximate surface area is 119 Å². The number of nitrogens with zero attached hydrogens (tertiary/aromatic N) is 3. The molecule has 0 aliphatic heterocycles. The highest BCUT2D eigenvalue weighted by molar-refractivity contribution is 7.10. The maximum absolute atomic E-state index is 11.9. The lowest BCUT2D eigenvalue weighted by atomic mass is 10.2. The minimum absolute atomic E-state index is 0.0537. The fraction of sp³-hybridized carbons (Fsp3) is 0.333. The molecule has 106 valence electrons. The van der Waals surface area contributed by atoms with Gasteiger partial charge in [0.15, 0.2) is 5.69 Å². The predicted molar refractivity (Wildman–Crippen MR) is 72.6 cm³/mol. The molecular formula is C12H14N4O3S. The first-order chi connectivity index (χ1) is 9.49. The maximum Gasteiger partial charge on any atom is 0.358 e. The van der Waals surface area contributed by atoms with Crippen LogP contribution in [0.1, 0.15) is 34.0 Å². The van der Waals surface area contributed by atoms with Crippen molar-refractivity contribution in [3.05, 3.63) is 33.8 Å². The van der Waals surface area contributed by atoms with Crippen molar-refractivity contribution in [2.75, 3.05) is 0 Å². The van der Waals surface area contributed by atoms with Gasteiger partial charge in [-0.1, -0.05) is 11.3 Å². The number of hydrogen-bond donors (Lipinski definition) is 2. The van der Waals surface area contributed by atoms with Crippen LogP contribution in [0.4, 0.5) is 0 Å². The Morgan fingerprint density at radius 2 is 2.30 bits per heavy atom. The van der Waals surface area contributed by atoms with E-state index in [2.05, 4.69) is 15.6 Å². The monoisotopic (exact) mass is 294 g/mol. The Kier molecular flexibility index (Phi) is 4.14. The summed E-state index contributed by atoms with van der Waals surface area (Å²) < 4.78 is 1.28. The van der Waals surface area contributed by atoms with Crippen molar-refractivity contribution < 1.29 is 14.7 Å². The molecule has 8 heteroatoms. The zero-order chi connectivity index (χ0) is 14.7. The molecule has 0 saturated heterocycles. The average Bonchev–Trinajstić information content (AvgIpc) is 3.00. The first-order valence-corrected chi connectivity index (χ1v) is 6.83. The lowest BCUT2D eigenvalue weighted by molar-refractivity contribution is -0.122. The number of aromatic carboxylic acids is 1. The molecule has 2 heterocycles. The summed E-state index contributed by atoms with van der Waals surface area (Å²) in [6.07, 6.45) is 0. The molecule has 2 aromatic heterocycles. The second kappa shape index (κ2) is 5.83. The SMILES string of the molecule is Cc1c(C(=O)O)nnn1CC(=O)NC(C)c1cccs1. The molecule has 1 unspecified atom stereocenters. The number of amides is 1. The molecule has 0 fully saturated rings. The van der Waals surface area contributed by atoms with E-state index in [1.54, 1.807) is 18.3 Å². The first-order valence-electron chi connectivity index (χ1n) is 5.95. The smallest absolute Gasteiger partial charge is 0.358 e. The van der Waals surface area contributed by atoms with Crippen LogP contribution in [0.5, 0.6) is 0 Å². The molecule has 0 spiro atoms. The van der Waals surface area contributed by atoms with E-state index in [1.807, 2.05) is 24.4 Å². The Hall–Kier alpha value is -2.22. The van der Waals surface area contributed by atoms with Gasteiger partial charge in [0.25, 0.3) is 0 Å². The Morgan fingerprint density at radius 3 is 2.85 bits per heavy atom. The number of rotatable bonds is 5. The van der Waals surface area contributed by atoms with E-state index in [-0.39, 0.29) is 24.2 Å². The lowest BCUT2D eigenvalue weighted by Crippen LogP contribution is -2.30. The summed E-state index contributed by atoms with van der Waals surface area (Å²) in [5.41, 5.74) is 0.223. The van der Waals surface area contributed by atoms with Crippen LogP contribution in [0.3, 0.4) is 0 Å². The van der Waals surface area contributed by atoms with Crippen molar-refractivity contribution in [1.29, 1.82) is 0 Å². The van der Waals surface area contributed by atoms with Crippen molar-refractivity contribution in [3.63, 3.8) is 0 Å². The molecule has 2 rings (SSSR count). The Morgan fingerprint density at radius 1 is 1.55 bits per heavy atom. The van der Waals surface area contributed by atoms with Crippen molar-refractivity contribution in [2.24, 2.45) is 0 Å². The Bertz CT molecular complexity index is 621. The summed E-state index contributed by atoms with van der Waals surface area (Å²) in [7, 11) is 0. The Balaban J connectivity index is 2.00. The summed E-state index contributed by atoms with van der Waals surface area (Å²) in [4.78, 5) is 23.8. The molecule has 1 amide bonds. The van der Waals surface area contributed by atoms with E-state index in [0.717, 1.165) is 4.88 Å². The predicted octanol–water partition coefficient (Wildman–Crippen LogP) is 1.22. The summed E-state index contributed by atoms with van der Waals surface area (Å²) in [6, 6.07) is 3.77. The second-order valence-corrected chi connectivity index (χ2v) is 5.27. The maximum atomic E-state index is 11.9. The summed E-state index contributed by atoms with van der Waals surface area (Å²) in [5, 5.41) is 20.9. The first kappa shape index (κ1) is 14.2. The molecule has 0 aliphatic carbocycles. The average molecular weight is 294 g/mol. The van der Waals surface area contributed by atoms with Gasteiger partial charge >= 0.3 is 5.97 Å². The van der Waals surface area contributed by atoms with Crippen LogP contribution in [0.15, 0.2) is 17.5 Å². The van der Waals surface area contributed by atoms with E-state index in [1.165, 1.54) is 4.68 Å². The zero-order valence-electron chi connectivity index (χ0n) is 11.0. The van der Waals surface area contributed by atoms with Gasteiger partial charge in [0.1, 0.15) is 6.54 Å². The van der Waals surface area contributed by atoms with E-state index in [0.29, 0.717) is 5.69 Å². The second-order valence-electron chi connectivity index (χ2n) is 4.29. The van der Waals surface area contributed by atoms with Crippen LogP contribution >= 0.6 is 11.3 Å². The molecule has 0 bridgehead atoms. The summed E-state index contributed by atoms with van der Waals surface area (Å²) >= 11 is 1.56. The molecular weight excluding hydrogens is 280 g/mol. The number of carboxylic acids is 1. The van der Waals surface area contributed by atoms with Gasteiger partial charge in [0.2, 0.25) is 5.91 Å². The molecule has 0 radical (unpaired) electrons. The third kappa shape index (κ3) is 3.02. The number of carbonyl (C=O) groups is 2. The van der Waals surface area contributed by atoms with Gasteiger partial charge in [-0.05, 0) is 25.3 Å². The lowest BCUT2D eigenvalue weighted by Gasteiger charge is -2.12. The molecule has 2 N–H and O–H groups in total. The molecule has 0 aliphatic rings. The van der Waals surface area contributed by atoms with Gasteiger partial charge in [0.05, 0.1) is 11.7 Å². The number of aromatic nitrogens is 3. The summed E-state index contributed by atoms with van der Waals surface area (Å²) in [6.45, 7) is 3.40. The number of hydrogen-bond acceptors (Lipinski definition) is 5. The van der Waals surface area contributed by atoms with E-state index < -0.39 is 5.97 Å². The van der Waals surface area contributed by atoms with Crippen LogP contribution < -0.4 is 5.32 Å². The quantitative estimate of drug-likeness (QED) is 0.864. The third-order valence-corrected chi connectivity index (χ3v) is 3.88. The topological polar surface area (TPSA) is 97.1 Å². The van der Waals surface area contributed by atoms with Gasteiger partial charge in [-0.15, -0.1) is 16.4 Å². The van der Waals surface area contributed by atoms with Crippen LogP contribution in [0.25, 0.3) is 0 Å². The molecule has 7 nitrogen and oxygen atoms in total. The minimum atomic E-state index is -1.15. The molecule has 0 aromatic carbocycles.